The fraction of sp³-hybridized carbons (Fsp3) is 0.500. The summed E-state index contributed by atoms with van der Waals surface area (Å²) in [5.41, 5.74) is 2.65. The lowest BCUT2D eigenvalue weighted by atomic mass is 10.1. The zero-order valence-corrected chi connectivity index (χ0v) is 17.0. The first-order valence-corrected chi connectivity index (χ1v) is 10.4. The minimum Gasteiger partial charge on any atom is -0.372 e. The Morgan fingerprint density at radius 3 is 2.36 bits per heavy atom. The summed E-state index contributed by atoms with van der Waals surface area (Å²) < 4.78 is 0. The lowest BCUT2D eigenvalue weighted by Gasteiger charge is -2.28. The van der Waals surface area contributed by atoms with E-state index in [-0.39, 0.29) is 5.91 Å². The first-order valence-electron chi connectivity index (χ1n) is 10.4. The molecule has 0 spiro atoms. The highest BCUT2D eigenvalue weighted by atomic mass is 16.2. The molecule has 1 aromatic heterocycles. The Kier molecular flexibility index (Phi) is 7.23. The molecule has 28 heavy (non-hydrogen) atoms. The van der Waals surface area contributed by atoms with E-state index in [4.69, 9.17) is 0 Å². The van der Waals surface area contributed by atoms with Crippen molar-refractivity contribution in [1.29, 1.82) is 0 Å². The number of rotatable bonds is 8. The maximum atomic E-state index is 12.8. The summed E-state index contributed by atoms with van der Waals surface area (Å²) in [6, 6.07) is 10.2. The van der Waals surface area contributed by atoms with Crippen LogP contribution in [0.4, 0.5) is 17.2 Å². The summed E-state index contributed by atoms with van der Waals surface area (Å²) in [7, 11) is 0. The van der Waals surface area contributed by atoms with Crippen LogP contribution in [0.2, 0.25) is 0 Å². The predicted octanol–water partition coefficient (Wildman–Crippen LogP) is 4.47. The van der Waals surface area contributed by atoms with Gasteiger partial charge in [-0.05, 0) is 56.4 Å². The van der Waals surface area contributed by atoms with Crippen molar-refractivity contribution in [3.63, 3.8) is 0 Å². The van der Waals surface area contributed by atoms with Crippen LogP contribution in [0.15, 0.2) is 36.7 Å². The number of hydrogen-bond donors (Lipinski definition) is 1. The molecule has 2 aromatic rings. The molecule has 6 heteroatoms. The van der Waals surface area contributed by atoms with Crippen LogP contribution in [-0.2, 0) is 0 Å². The number of nitrogens with zero attached hydrogens (tertiary/aromatic N) is 4. The van der Waals surface area contributed by atoms with Gasteiger partial charge >= 0.3 is 0 Å². The van der Waals surface area contributed by atoms with Gasteiger partial charge in [0, 0.05) is 43.6 Å². The van der Waals surface area contributed by atoms with Crippen molar-refractivity contribution in [1.82, 2.24) is 14.9 Å². The number of carbonyl (C=O) groups excluding carboxylic acids is 1. The molecular weight excluding hydrogens is 350 g/mol. The van der Waals surface area contributed by atoms with Gasteiger partial charge in [0.2, 0.25) is 0 Å². The monoisotopic (exact) mass is 381 g/mol. The summed E-state index contributed by atoms with van der Waals surface area (Å²) in [6.45, 7) is 7.92. The SMILES string of the molecule is CCCN(CCC)C(=O)c1cc(Nc2ccc(N3CCCCC3)cc2)ncn1. The Hall–Kier alpha value is -2.63. The van der Waals surface area contributed by atoms with Crippen LogP contribution < -0.4 is 10.2 Å². The topological polar surface area (TPSA) is 61.4 Å². The molecule has 150 valence electrons. The molecule has 0 unspecified atom stereocenters. The van der Waals surface area contributed by atoms with Crippen LogP contribution in [-0.4, -0.2) is 47.0 Å². The van der Waals surface area contributed by atoms with E-state index < -0.39 is 0 Å². The quantitative estimate of drug-likeness (QED) is 0.731. The molecule has 3 rings (SSSR count). The number of carbonyl (C=O) groups is 1. The lowest BCUT2D eigenvalue weighted by molar-refractivity contribution is 0.0749. The number of piperidine rings is 1. The van der Waals surface area contributed by atoms with E-state index in [1.54, 1.807) is 6.07 Å². The number of anilines is 3. The van der Waals surface area contributed by atoms with Crippen molar-refractivity contribution in [2.24, 2.45) is 0 Å². The summed E-state index contributed by atoms with van der Waals surface area (Å²) in [4.78, 5) is 25.5. The maximum absolute atomic E-state index is 12.8. The van der Waals surface area contributed by atoms with Gasteiger partial charge in [0.15, 0.2) is 0 Å². The number of nitrogens with one attached hydrogen (secondary N) is 1. The van der Waals surface area contributed by atoms with Crippen molar-refractivity contribution in [2.75, 3.05) is 36.4 Å². The van der Waals surface area contributed by atoms with Crippen molar-refractivity contribution < 1.29 is 4.79 Å². The minimum absolute atomic E-state index is 0.0328. The van der Waals surface area contributed by atoms with Gasteiger partial charge in [0.1, 0.15) is 17.8 Å². The fourth-order valence-electron chi connectivity index (χ4n) is 3.61. The molecule has 0 bridgehead atoms. The molecule has 0 atom stereocenters. The van der Waals surface area contributed by atoms with E-state index in [2.05, 4.69) is 58.3 Å². The molecule has 1 N–H and O–H groups in total. The predicted molar refractivity (Wildman–Crippen MR) is 114 cm³/mol. The van der Waals surface area contributed by atoms with Crippen molar-refractivity contribution >= 4 is 23.1 Å². The van der Waals surface area contributed by atoms with Gasteiger partial charge in [-0.25, -0.2) is 9.97 Å². The largest absolute Gasteiger partial charge is 0.372 e. The molecule has 1 saturated heterocycles. The van der Waals surface area contributed by atoms with E-state index in [9.17, 15) is 4.79 Å². The third-order valence-electron chi connectivity index (χ3n) is 5.02. The molecule has 2 heterocycles. The first-order chi connectivity index (χ1) is 13.7. The number of hydrogen-bond acceptors (Lipinski definition) is 5. The number of amides is 1. The Labute approximate surface area is 168 Å². The van der Waals surface area contributed by atoms with Gasteiger partial charge in [0.25, 0.3) is 5.91 Å². The standard InChI is InChI=1S/C22H31N5O/c1-3-12-27(13-4-2)22(28)20-16-21(24-17-23-20)25-18-8-10-19(11-9-18)26-14-6-5-7-15-26/h8-11,16-17H,3-7,12-15H2,1-2H3,(H,23,24,25). The van der Waals surface area contributed by atoms with E-state index in [1.165, 1.54) is 31.3 Å². The fourth-order valence-corrected chi connectivity index (χ4v) is 3.61. The third-order valence-corrected chi connectivity index (χ3v) is 5.02. The number of aromatic nitrogens is 2. The molecule has 0 saturated carbocycles. The third kappa shape index (κ3) is 5.21. The van der Waals surface area contributed by atoms with Gasteiger partial charge < -0.3 is 15.1 Å². The van der Waals surface area contributed by atoms with E-state index in [0.717, 1.165) is 44.7 Å². The highest BCUT2D eigenvalue weighted by Gasteiger charge is 2.16. The second-order valence-electron chi connectivity index (χ2n) is 7.30. The van der Waals surface area contributed by atoms with Gasteiger partial charge in [-0.1, -0.05) is 13.8 Å². The molecule has 1 fully saturated rings. The van der Waals surface area contributed by atoms with E-state index in [0.29, 0.717) is 11.5 Å². The molecule has 1 aliphatic rings. The minimum atomic E-state index is -0.0328. The molecular formula is C22H31N5O. The Morgan fingerprint density at radius 1 is 1.04 bits per heavy atom. The second-order valence-corrected chi connectivity index (χ2v) is 7.30. The van der Waals surface area contributed by atoms with Crippen LogP contribution in [0, 0.1) is 0 Å². The molecule has 1 aromatic carbocycles. The molecule has 1 amide bonds. The van der Waals surface area contributed by atoms with Gasteiger partial charge in [-0.2, -0.15) is 0 Å². The van der Waals surface area contributed by atoms with E-state index >= 15 is 0 Å². The summed E-state index contributed by atoms with van der Waals surface area (Å²) in [5.74, 6) is 0.603. The van der Waals surface area contributed by atoms with Crippen LogP contribution in [0.3, 0.4) is 0 Å². The van der Waals surface area contributed by atoms with Crippen LogP contribution >= 0.6 is 0 Å². The van der Waals surface area contributed by atoms with Crippen molar-refractivity contribution in [3.05, 3.63) is 42.4 Å². The molecule has 0 radical (unpaired) electrons. The first kappa shape index (κ1) is 20.1. The smallest absolute Gasteiger partial charge is 0.272 e. The summed E-state index contributed by atoms with van der Waals surface area (Å²) in [5, 5.41) is 3.29. The summed E-state index contributed by atoms with van der Waals surface area (Å²) in [6.07, 6.45) is 7.19. The zero-order valence-electron chi connectivity index (χ0n) is 17.0. The van der Waals surface area contributed by atoms with Crippen LogP contribution in [0.5, 0.6) is 0 Å². The average Bonchev–Trinajstić information content (AvgIpc) is 2.74. The number of benzene rings is 1. The summed E-state index contributed by atoms with van der Waals surface area (Å²) >= 11 is 0. The highest BCUT2D eigenvalue weighted by molar-refractivity contribution is 5.93. The molecule has 0 aliphatic carbocycles. The molecule has 6 nitrogen and oxygen atoms in total. The van der Waals surface area contributed by atoms with Crippen LogP contribution in [0.1, 0.15) is 56.4 Å². The Bertz CT molecular complexity index is 750. The normalized spacial score (nSPS) is 14.0. The van der Waals surface area contributed by atoms with Gasteiger partial charge in [-0.15, -0.1) is 0 Å². The zero-order chi connectivity index (χ0) is 19.8. The lowest BCUT2D eigenvalue weighted by Crippen LogP contribution is -2.33. The van der Waals surface area contributed by atoms with Gasteiger partial charge in [0.05, 0.1) is 0 Å². The van der Waals surface area contributed by atoms with E-state index in [1.807, 2.05) is 4.90 Å². The average molecular weight is 382 g/mol. The van der Waals surface area contributed by atoms with Gasteiger partial charge in [-0.3, -0.25) is 4.79 Å². The van der Waals surface area contributed by atoms with Crippen LogP contribution in [0.25, 0.3) is 0 Å². The Morgan fingerprint density at radius 2 is 1.71 bits per heavy atom. The Balaban J connectivity index is 1.67. The van der Waals surface area contributed by atoms with Crippen molar-refractivity contribution in [3.8, 4) is 0 Å². The molecule has 1 aliphatic heterocycles. The highest BCUT2D eigenvalue weighted by Crippen LogP contribution is 2.23. The second kappa shape index (κ2) is 10.1. The maximum Gasteiger partial charge on any atom is 0.272 e. The van der Waals surface area contributed by atoms with Crippen molar-refractivity contribution in [2.45, 2.75) is 46.0 Å².